The summed E-state index contributed by atoms with van der Waals surface area (Å²) in [5, 5.41) is 14.6. The first-order chi connectivity index (χ1) is 13.9. The van der Waals surface area contributed by atoms with E-state index in [9.17, 15) is 13.5 Å². The summed E-state index contributed by atoms with van der Waals surface area (Å²) in [5.74, 6) is 0.361. The van der Waals surface area contributed by atoms with Gasteiger partial charge in [0, 0.05) is 5.56 Å². The van der Waals surface area contributed by atoms with Crippen LogP contribution in [0.4, 0.5) is 0 Å². The van der Waals surface area contributed by atoms with E-state index in [-0.39, 0.29) is 21.8 Å². The van der Waals surface area contributed by atoms with Gasteiger partial charge in [-0.2, -0.15) is 13.5 Å². The first kappa shape index (κ1) is 19.4. The van der Waals surface area contributed by atoms with Gasteiger partial charge in [-0.25, -0.2) is 0 Å². The van der Waals surface area contributed by atoms with Crippen molar-refractivity contribution in [1.29, 1.82) is 0 Å². The Hall–Kier alpha value is -2.97. The SMILES string of the molecule is Cc1ccc(S(=O)(=O)Oc2ccccc2C2NN=C(c3ccccc3O)S2)cc1. The van der Waals surface area contributed by atoms with E-state index >= 15 is 0 Å². The summed E-state index contributed by atoms with van der Waals surface area (Å²) in [6.45, 7) is 1.89. The molecule has 0 spiro atoms. The summed E-state index contributed by atoms with van der Waals surface area (Å²) < 4.78 is 30.9. The van der Waals surface area contributed by atoms with E-state index < -0.39 is 10.1 Å². The minimum Gasteiger partial charge on any atom is -0.507 e. The van der Waals surface area contributed by atoms with Gasteiger partial charge in [-0.1, -0.05) is 59.8 Å². The largest absolute Gasteiger partial charge is 0.507 e. The second kappa shape index (κ2) is 7.81. The number of phenols is 1. The van der Waals surface area contributed by atoms with Gasteiger partial charge < -0.3 is 9.29 Å². The van der Waals surface area contributed by atoms with Crippen molar-refractivity contribution >= 4 is 26.9 Å². The smallest absolute Gasteiger partial charge is 0.339 e. The van der Waals surface area contributed by atoms with Crippen LogP contribution in [0.1, 0.15) is 22.1 Å². The summed E-state index contributed by atoms with van der Waals surface area (Å²) in [4.78, 5) is 0.0936. The summed E-state index contributed by atoms with van der Waals surface area (Å²) in [6.07, 6.45) is 0. The average Bonchev–Trinajstić information content (AvgIpc) is 3.18. The van der Waals surface area contributed by atoms with E-state index in [1.807, 2.05) is 13.0 Å². The summed E-state index contributed by atoms with van der Waals surface area (Å²) >= 11 is 1.37. The molecule has 4 rings (SSSR count). The minimum atomic E-state index is -3.97. The van der Waals surface area contributed by atoms with Gasteiger partial charge in [0.25, 0.3) is 0 Å². The Morgan fingerprint density at radius 3 is 2.45 bits per heavy atom. The van der Waals surface area contributed by atoms with E-state index in [2.05, 4.69) is 10.5 Å². The second-order valence-corrected chi connectivity index (χ2v) is 9.09. The van der Waals surface area contributed by atoms with E-state index in [1.54, 1.807) is 54.6 Å². The van der Waals surface area contributed by atoms with Gasteiger partial charge >= 0.3 is 10.1 Å². The normalized spacial score (nSPS) is 16.2. The number of rotatable bonds is 5. The number of thioether (sulfide) groups is 1. The van der Waals surface area contributed by atoms with Gasteiger partial charge in [0.05, 0.1) is 5.56 Å². The molecular weight excluding hydrogens is 408 g/mol. The lowest BCUT2D eigenvalue weighted by molar-refractivity contribution is 0.474. The molecule has 1 atom stereocenters. The summed E-state index contributed by atoms with van der Waals surface area (Å²) in [7, 11) is -3.97. The number of nitrogens with one attached hydrogen (secondary N) is 1. The van der Waals surface area contributed by atoms with Crippen molar-refractivity contribution in [2.45, 2.75) is 17.2 Å². The molecule has 3 aromatic rings. The molecule has 0 saturated carbocycles. The monoisotopic (exact) mass is 426 g/mol. The van der Waals surface area contributed by atoms with Gasteiger partial charge in [-0.05, 0) is 37.3 Å². The maximum atomic E-state index is 12.7. The Morgan fingerprint density at radius 1 is 1.00 bits per heavy atom. The van der Waals surface area contributed by atoms with Crippen LogP contribution in [-0.4, -0.2) is 18.6 Å². The number of phenolic OH excluding ortho intramolecular Hbond substituents is 1. The lowest BCUT2D eigenvalue weighted by atomic mass is 10.2. The van der Waals surface area contributed by atoms with Gasteiger partial charge in [-0.15, -0.1) is 0 Å². The second-order valence-electron chi connectivity index (χ2n) is 6.45. The van der Waals surface area contributed by atoms with Crippen LogP contribution in [0, 0.1) is 6.92 Å². The molecule has 1 heterocycles. The van der Waals surface area contributed by atoms with Crippen molar-refractivity contribution in [2.75, 3.05) is 0 Å². The predicted molar refractivity (Wildman–Crippen MR) is 114 cm³/mol. The van der Waals surface area contributed by atoms with Crippen molar-refractivity contribution in [3.63, 3.8) is 0 Å². The Labute approximate surface area is 173 Å². The Kier molecular flexibility index (Phi) is 5.21. The van der Waals surface area contributed by atoms with E-state index in [0.717, 1.165) is 5.56 Å². The van der Waals surface area contributed by atoms with Crippen LogP contribution in [0.5, 0.6) is 11.5 Å². The lowest BCUT2D eigenvalue weighted by Gasteiger charge is -2.15. The highest BCUT2D eigenvalue weighted by molar-refractivity contribution is 8.14. The van der Waals surface area contributed by atoms with Gasteiger partial charge in [0.1, 0.15) is 26.8 Å². The molecule has 8 heteroatoms. The van der Waals surface area contributed by atoms with Crippen LogP contribution in [-0.2, 0) is 10.1 Å². The summed E-state index contributed by atoms with van der Waals surface area (Å²) in [6, 6.07) is 20.3. The molecule has 3 aromatic carbocycles. The maximum absolute atomic E-state index is 12.7. The number of nitrogens with zero attached hydrogens (tertiary/aromatic N) is 1. The van der Waals surface area contributed by atoms with Crippen molar-refractivity contribution in [3.8, 4) is 11.5 Å². The zero-order valence-electron chi connectivity index (χ0n) is 15.4. The molecular formula is C21H18N2O4S2. The molecule has 1 aliphatic rings. The van der Waals surface area contributed by atoms with Crippen molar-refractivity contribution < 1.29 is 17.7 Å². The van der Waals surface area contributed by atoms with Crippen LogP contribution >= 0.6 is 11.8 Å². The third kappa shape index (κ3) is 4.08. The van der Waals surface area contributed by atoms with Crippen molar-refractivity contribution in [1.82, 2.24) is 5.43 Å². The topological polar surface area (TPSA) is 88.0 Å². The molecule has 1 aliphatic heterocycles. The van der Waals surface area contributed by atoms with Crippen LogP contribution < -0.4 is 9.61 Å². The number of hydrogen-bond acceptors (Lipinski definition) is 7. The fourth-order valence-corrected chi connectivity index (χ4v) is 4.85. The van der Waals surface area contributed by atoms with E-state index in [4.69, 9.17) is 4.18 Å². The molecule has 0 saturated heterocycles. The lowest BCUT2D eigenvalue weighted by Crippen LogP contribution is -2.14. The molecule has 1 unspecified atom stereocenters. The highest BCUT2D eigenvalue weighted by atomic mass is 32.2. The maximum Gasteiger partial charge on any atom is 0.339 e. The van der Waals surface area contributed by atoms with Crippen LogP contribution in [0.25, 0.3) is 0 Å². The predicted octanol–water partition coefficient (Wildman–Crippen LogP) is 4.17. The minimum absolute atomic E-state index is 0.0936. The number of para-hydroxylation sites is 2. The first-order valence-electron chi connectivity index (χ1n) is 8.82. The molecule has 0 aromatic heterocycles. The Balaban J connectivity index is 1.58. The summed E-state index contributed by atoms with van der Waals surface area (Å²) in [5.41, 5.74) is 5.20. The van der Waals surface area contributed by atoms with Crippen molar-refractivity contribution in [3.05, 3.63) is 89.5 Å². The molecule has 0 aliphatic carbocycles. The molecule has 6 nitrogen and oxygen atoms in total. The number of hydrogen-bond donors (Lipinski definition) is 2. The van der Waals surface area contributed by atoms with Crippen LogP contribution in [0.3, 0.4) is 0 Å². The standard InChI is InChI=1S/C21H18N2O4S2/c1-14-10-12-15(13-11-14)29(25,26)27-19-9-5-3-7-17(19)21-23-22-20(28-21)16-6-2-4-8-18(16)24/h2-13,21,23-24H,1H3. The van der Waals surface area contributed by atoms with Gasteiger partial charge in [-0.3, -0.25) is 5.43 Å². The average molecular weight is 427 g/mol. The van der Waals surface area contributed by atoms with E-state index in [1.165, 1.54) is 23.9 Å². The number of hydrazone groups is 1. The van der Waals surface area contributed by atoms with Gasteiger partial charge in [0.15, 0.2) is 0 Å². The number of aromatic hydroxyl groups is 1. The Bertz CT molecular complexity index is 1180. The third-order valence-corrected chi connectivity index (χ3v) is 6.74. The molecule has 2 N–H and O–H groups in total. The Morgan fingerprint density at radius 2 is 1.69 bits per heavy atom. The molecule has 0 fully saturated rings. The molecule has 0 amide bonds. The molecule has 148 valence electrons. The van der Waals surface area contributed by atoms with Gasteiger partial charge in [0.2, 0.25) is 0 Å². The quantitative estimate of drug-likeness (QED) is 0.596. The molecule has 0 radical (unpaired) electrons. The number of aryl methyl sites for hydroxylation is 1. The van der Waals surface area contributed by atoms with Crippen molar-refractivity contribution in [2.24, 2.45) is 5.10 Å². The van der Waals surface area contributed by atoms with E-state index in [0.29, 0.717) is 16.2 Å². The fourth-order valence-electron chi connectivity index (χ4n) is 2.84. The van der Waals surface area contributed by atoms with Crippen LogP contribution in [0.15, 0.2) is 82.8 Å². The third-order valence-electron chi connectivity index (χ3n) is 4.36. The van der Waals surface area contributed by atoms with Crippen LogP contribution in [0.2, 0.25) is 0 Å². The zero-order valence-corrected chi connectivity index (χ0v) is 17.1. The highest BCUT2D eigenvalue weighted by Crippen LogP contribution is 2.40. The highest BCUT2D eigenvalue weighted by Gasteiger charge is 2.28. The number of benzene rings is 3. The first-order valence-corrected chi connectivity index (χ1v) is 11.1. The fraction of sp³-hybridized carbons (Fsp3) is 0.0952. The molecule has 29 heavy (non-hydrogen) atoms. The zero-order chi connectivity index (χ0) is 20.4. The molecule has 0 bridgehead atoms.